The monoisotopic (exact) mass is 265 g/mol. The van der Waals surface area contributed by atoms with Gasteiger partial charge in [-0.1, -0.05) is 0 Å². The van der Waals surface area contributed by atoms with E-state index in [9.17, 15) is 4.79 Å². The summed E-state index contributed by atoms with van der Waals surface area (Å²) in [4.78, 5) is 17.4. The Kier molecular flexibility index (Phi) is 3.11. The van der Waals surface area contributed by atoms with E-state index in [0.717, 1.165) is 35.6 Å². The van der Waals surface area contributed by atoms with E-state index in [4.69, 9.17) is 5.26 Å². The van der Waals surface area contributed by atoms with Gasteiger partial charge in [0.2, 0.25) is 0 Å². The number of nitriles is 1. The molecule has 1 aromatic heterocycles. The zero-order valence-electron chi connectivity index (χ0n) is 11.3. The first-order valence-electron chi connectivity index (χ1n) is 6.77. The Bertz CT molecular complexity index is 704. The van der Waals surface area contributed by atoms with Gasteiger partial charge in [-0.2, -0.15) is 5.26 Å². The van der Waals surface area contributed by atoms with Crippen LogP contribution in [0.15, 0.2) is 30.5 Å². The lowest BCUT2D eigenvalue weighted by atomic mass is 10.1. The smallest absolute Gasteiger partial charge is 0.148 e. The van der Waals surface area contributed by atoms with E-state index >= 15 is 0 Å². The van der Waals surface area contributed by atoms with Crippen LogP contribution in [0.25, 0.3) is 10.8 Å². The quantitative estimate of drug-likeness (QED) is 0.783. The van der Waals surface area contributed by atoms with Crippen LogP contribution in [0.5, 0.6) is 0 Å². The number of aromatic nitrogens is 1. The minimum atomic E-state index is -0.0419. The number of hydrogen-bond donors (Lipinski definition) is 0. The molecule has 0 saturated carbocycles. The van der Waals surface area contributed by atoms with Crippen molar-refractivity contribution in [2.45, 2.75) is 31.8 Å². The highest BCUT2D eigenvalue weighted by atomic mass is 16.1. The summed E-state index contributed by atoms with van der Waals surface area (Å²) in [6.07, 6.45) is 4.61. The van der Waals surface area contributed by atoms with Gasteiger partial charge in [0.05, 0.1) is 6.04 Å². The van der Waals surface area contributed by atoms with E-state index in [1.54, 1.807) is 6.20 Å². The van der Waals surface area contributed by atoms with E-state index in [1.807, 2.05) is 24.3 Å². The van der Waals surface area contributed by atoms with Crippen LogP contribution in [0, 0.1) is 11.3 Å². The van der Waals surface area contributed by atoms with E-state index in [1.165, 1.54) is 0 Å². The van der Waals surface area contributed by atoms with Crippen molar-refractivity contribution < 1.29 is 4.79 Å². The Hall–Kier alpha value is -2.41. The normalized spacial score (nSPS) is 21.9. The predicted octanol–water partition coefficient (Wildman–Crippen LogP) is 2.66. The fourth-order valence-corrected chi connectivity index (χ4v) is 3.01. The summed E-state index contributed by atoms with van der Waals surface area (Å²) >= 11 is 0. The van der Waals surface area contributed by atoms with E-state index in [0.29, 0.717) is 11.7 Å². The first-order valence-corrected chi connectivity index (χ1v) is 6.77. The van der Waals surface area contributed by atoms with Gasteiger partial charge in [0, 0.05) is 23.3 Å². The average molecular weight is 265 g/mol. The summed E-state index contributed by atoms with van der Waals surface area (Å²) in [5.74, 6) is 0. The lowest BCUT2D eigenvalue weighted by Gasteiger charge is -2.28. The number of carbonyl (C=O) groups is 1. The number of nitrogens with zero attached hydrogens (tertiary/aromatic N) is 3. The third-order valence-electron chi connectivity index (χ3n) is 4.02. The van der Waals surface area contributed by atoms with Crippen molar-refractivity contribution in [2.75, 3.05) is 4.90 Å². The average Bonchev–Trinajstić information content (AvgIpc) is 2.86. The molecule has 0 spiro atoms. The van der Waals surface area contributed by atoms with Gasteiger partial charge in [-0.05, 0) is 49.4 Å². The van der Waals surface area contributed by atoms with Crippen LogP contribution in [0.1, 0.15) is 25.5 Å². The van der Waals surface area contributed by atoms with Crippen molar-refractivity contribution >= 4 is 22.7 Å². The van der Waals surface area contributed by atoms with Crippen LogP contribution in [-0.4, -0.2) is 23.4 Å². The van der Waals surface area contributed by atoms with Crippen molar-refractivity contribution in [2.24, 2.45) is 0 Å². The summed E-state index contributed by atoms with van der Waals surface area (Å²) in [6.45, 7) is 2.14. The lowest BCUT2D eigenvalue weighted by molar-refractivity contribution is -0.108. The zero-order chi connectivity index (χ0) is 14.1. The van der Waals surface area contributed by atoms with Crippen LogP contribution >= 0.6 is 0 Å². The zero-order valence-corrected chi connectivity index (χ0v) is 11.3. The number of aldehydes is 1. The molecule has 4 heteroatoms. The maximum atomic E-state index is 11.2. The van der Waals surface area contributed by atoms with Crippen molar-refractivity contribution in [3.8, 4) is 6.07 Å². The number of anilines is 1. The van der Waals surface area contributed by atoms with Crippen LogP contribution < -0.4 is 4.90 Å². The van der Waals surface area contributed by atoms with Crippen molar-refractivity contribution in [3.63, 3.8) is 0 Å². The molecule has 100 valence electrons. The van der Waals surface area contributed by atoms with Crippen molar-refractivity contribution in [3.05, 3.63) is 36.2 Å². The van der Waals surface area contributed by atoms with Gasteiger partial charge in [-0.25, -0.2) is 4.98 Å². The van der Waals surface area contributed by atoms with Crippen LogP contribution in [0.2, 0.25) is 0 Å². The largest absolute Gasteiger partial charge is 0.359 e. The van der Waals surface area contributed by atoms with Crippen LogP contribution in [-0.2, 0) is 4.79 Å². The van der Waals surface area contributed by atoms with Gasteiger partial charge >= 0.3 is 0 Å². The minimum absolute atomic E-state index is 0.0419. The molecule has 1 aromatic carbocycles. The number of benzene rings is 1. The molecule has 1 aliphatic heterocycles. The molecule has 0 aliphatic carbocycles. The molecule has 1 unspecified atom stereocenters. The molecule has 0 bridgehead atoms. The molecule has 1 fully saturated rings. The van der Waals surface area contributed by atoms with E-state index < -0.39 is 0 Å². The number of carbonyl (C=O) groups excluding carboxylic acids is 1. The molecule has 0 amide bonds. The van der Waals surface area contributed by atoms with Crippen LogP contribution in [0.3, 0.4) is 0 Å². The molecule has 4 nitrogen and oxygen atoms in total. The van der Waals surface area contributed by atoms with Gasteiger partial charge in [0.15, 0.2) is 0 Å². The van der Waals surface area contributed by atoms with Gasteiger partial charge in [0.1, 0.15) is 18.0 Å². The summed E-state index contributed by atoms with van der Waals surface area (Å²) in [6, 6.07) is 10.3. The van der Waals surface area contributed by atoms with Gasteiger partial charge in [-0.15, -0.1) is 0 Å². The van der Waals surface area contributed by atoms with Crippen molar-refractivity contribution in [1.29, 1.82) is 5.26 Å². The topological polar surface area (TPSA) is 57.0 Å². The molecule has 0 N–H and O–H groups in total. The summed E-state index contributed by atoms with van der Waals surface area (Å²) < 4.78 is 0. The minimum Gasteiger partial charge on any atom is -0.359 e. The second-order valence-electron chi connectivity index (χ2n) is 5.21. The number of rotatable bonds is 2. The molecule has 0 radical (unpaired) electrons. The molecule has 20 heavy (non-hydrogen) atoms. The van der Waals surface area contributed by atoms with Gasteiger partial charge < -0.3 is 9.69 Å². The lowest BCUT2D eigenvalue weighted by Crippen LogP contribution is -2.35. The first kappa shape index (κ1) is 12.6. The first-order chi connectivity index (χ1) is 9.74. The SMILES string of the molecule is C[C@@H]1CCC(C=O)N1c1ccc2c(C#N)nccc2c1. The summed E-state index contributed by atoms with van der Waals surface area (Å²) in [7, 11) is 0. The standard InChI is InChI=1S/C16H15N3O/c1-11-2-3-14(10-20)19(11)13-4-5-15-12(8-13)6-7-18-16(15)9-17/h4-8,10-11,14H,2-3H2,1H3/t11-,14?/m1/s1. The highest BCUT2D eigenvalue weighted by molar-refractivity contribution is 5.89. The molecule has 3 rings (SSSR count). The molecule has 2 atom stereocenters. The Labute approximate surface area is 117 Å². The predicted molar refractivity (Wildman–Crippen MR) is 77.5 cm³/mol. The molecule has 2 aromatic rings. The van der Waals surface area contributed by atoms with E-state index in [2.05, 4.69) is 22.9 Å². The number of fused-ring (bicyclic) bond motifs is 1. The molecular weight excluding hydrogens is 250 g/mol. The van der Waals surface area contributed by atoms with E-state index in [-0.39, 0.29) is 6.04 Å². The third-order valence-corrected chi connectivity index (χ3v) is 4.02. The Morgan fingerprint density at radius 1 is 1.40 bits per heavy atom. The van der Waals surface area contributed by atoms with Crippen molar-refractivity contribution in [1.82, 2.24) is 4.98 Å². The molecular formula is C16H15N3O. The highest BCUT2D eigenvalue weighted by Gasteiger charge is 2.30. The number of hydrogen-bond acceptors (Lipinski definition) is 4. The summed E-state index contributed by atoms with van der Waals surface area (Å²) in [5, 5.41) is 10.9. The molecule has 2 heterocycles. The Morgan fingerprint density at radius 2 is 2.25 bits per heavy atom. The number of pyridine rings is 1. The Morgan fingerprint density at radius 3 is 3.00 bits per heavy atom. The van der Waals surface area contributed by atoms with Gasteiger partial charge in [0.25, 0.3) is 0 Å². The molecule has 1 aliphatic rings. The Balaban J connectivity index is 2.10. The third kappa shape index (κ3) is 1.92. The van der Waals surface area contributed by atoms with Gasteiger partial charge in [-0.3, -0.25) is 0 Å². The maximum Gasteiger partial charge on any atom is 0.148 e. The fraction of sp³-hybridized carbons (Fsp3) is 0.312. The second-order valence-corrected chi connectivity index (χ2v) is 5.21. The highest BCUT2D eigenvalue weighted by Crippen LogP contribution is 2.32. The summed E-state index contributed by atoms with van der Waals surface area (Å²) in [5.41, 5.74) is 1.48. The second kappa shape index (κ2) is 4.93. The van der Waals surface area contributed by atoms with Crippen LogP contribution in [0.4, 0.5) is 5.69 Å². The fourth-order valence-electron chi connectivity index (χ4n) is 3.01. The maximum absolute atomic E-state index is 11.2. The molecule has 1 saturated heterocycles.